The summed E-state index contributed by atoms with van der Waals surface area (Å²) in [5, 5.41) is 6.71. The first kappa shape index (κ1) is 24.7. The summed E-state index contributed by atoms with van der Waals surface area (Å²) in [6.07, 6.45) is 3.24. The standard InChI is InChI=1S/C21H30N2O.2ClH/c1-18(23-16-7-15-22-2)20-11-13-21(14-12-20)24-17-6-10-19-8-4-3-5-9-19;;/h3-5,8-9,11-14,18,22-23H,6-7,10,15-17H2,1-2H3;2*1H. The highest BCUT2D eigenvalue weighted by atomic mass is 35.5. The molecule has 0 saturated carbocycles. The largest absolute Gasteiger partial charge is 0.494 e. The predicted octanol–water partition coefficient (Wildman–Crippen LogP) is 4.80. The molecule has 2 rings (SSSR count). The smallest absolute Gasteiger partial charge is 0.119 e. The van der Waals surface area contributed by atoms with Crippen molar-refractivity contribution in [3.05, 3.63) is 65.7 Å². The second-order valence-electron chi connectivity index (χ2n) is 6.14. The van der Waals surface area contributed by atoms with Crippen molar-refractivity contribution in [2.24, 2.45) is 0 Å². The van der Waals surface area contributed by atoms with Gasteiger partial charge >= 0.3 is 0 Å². The van der Waals surface area contributed by atoms with Gasteiger partial charge in [0.2, 0.25) is 0 Å². The Morgan fingerprint density at radius 3 is 2.23 bits per heavy atom. The lowest BCUT2D eigenvalue weighted by atomic mass is 10.1. The normalized spacial score (nSPS) is 11.2. The van der Waals surface area contributed by atoms with Crippen molar-refractivity contribution in [1.82, 2.24) is 10.6 Å². The molecule has 26 heavy (non-hydrogen) atoms. The maximum Gasteiger partial charge on any atom is 0.119 e. The number of hydrogen-bond acceptors (Lipinski definition) is 3. The molecule has 5 heteroatoms. The van der Waals surface area contributed by atoms with Crippen LogP contribution in [0, 0.1) is 0 Å². The number of hydrogen-bond donors (Lipinski definition) is 2. The molecule has 3 nitrogen and oxygen atoms in total. The Bertz CT molecular complexity index is 564. The van der Waals surface area contributed by atoms with Gasteiger partial charge < -0.3 is 15.4 Å². The van der Waals surface area contributed by atoms with E-state index in [0.717, 1.165) is 44.7 Å². The van der Waals surface area contributed by atoms with Crippen molar-refractivity contribution in [3.63, 3.8) is 0 Å². The van der Waals surface area contributed by atoms with Crippen LogP contribution in [0.1, 0.15) is 36.9 Å². The van der Waals surface area contributed by atoms with Gasteiger partial charge in [0, 0.05) is 6.04 Å². The SMILES string of the molecule is CNCCCNC(C)c1ccc(OCCCc2ccccc2)cc1.Cl.Cl. The number of nitrogens with one attached hydrogen (secondary N) is 2. The fourth-order valence-corrected chi connectivity index (χ4v) is 2.67. The molecule has 0 aliphatic rings. The van der Waals surface area contributed by atoms with E-state index in [2.05, 4.69) is 72.2 Å². The second-order valence-corrected chi connectivity index (χ2v) is 6.14. The van der Waals surface area contributed by atoms with Crippen LogP contribution in [-0.4, -0.2) is 26.7 Å². The molecule has 146 valence electrons. The third kappa shape index (κ3) is 9.44. The molecule has 1 unspecified atom stereocenters. The van der Waals surface area contributed by atoms with Crippen molar-refractivity contribution >= 4 is 24.8 Å². The van der Waals surface area contributed by atoms with Crippen LogP contribution in [0.25, 0.3) is 0 Å². The molecule has 0 aromatic heterocycles. The molecule has 2 aromatic carbocycles. The maximum atomic E-state index is 5.85. The van der Waals surface area contributed by atoms with E-state index in [9.17, 15) is 0 Å². The zero-order valence-electron chi connectivity index (χ0n) is 15.7. The van der Waals surface area contributed by atoms with Gasteiger partial charge in [-0.1, -0.05) is 42.5 Å². The molecule has 0 heterocycles. The zero-order chi connectivity index (χ0) is 17.0. The van der Waals surface area contributed by atoms with Gasteiger partial charge in [-0.2, -0.15) is 0 Å². The minimum atomic E-state index is 0. The summed E-state index contributed by atoms with van der Waals surface area (Å²) >= 11 is 0. The summed E-state index contributed by atoms with van der Waals surface area (Å²) < 4.78 is 5.85. The highest BCUT2D eigenvalue weighted by Gasteiger charge is 2.04. The second kappa shape index (κ2) is 14.9. The lowest BCUT2D eigenvalue weighted by Crippen LogP contribution is -2.22. The maximum absolute atomic E-state index is 5.85. The van der Waals surface area contributed by atoms with E-state index in [-0.39, 0.29) is 24.8 Å². The molecule has 2 N–H and O–H groups in total. The van der Waals surface area contributed by atoms with E-state index in [1.807, 2.05) is 7.05 Å². The first-order valence-corrected chi connectivity index (χ1v) is 8.94. The average Bonchev–Trinajstić information content (AvgIpc) is 2.63. The Kier molecular flexibility index (Phi) is 14.1. The van der Waals surface area contributed by atoms with Crippen molar-refractivity contribution in [2.75, 3.05) is 26.7 Å². The molecule has 2 aromatic rings. The van der Waals surface area contributed by atoms with E-state index in [1.54, 1.807) is 0 Å². The van der Waals surface area contributed by atoms with Crippen LogP contribution in [0.2, 0.25) is 0 Å². The van der Waals surface area contributed by atoms with Gasteiger partial charge in [0.25, 0.3) is 0 Å². The van der Waals surface area contributed by atoms with Gasteiger partial charge in [0.15, 0.2) is 0 Å². The Morgan fingerprint density at radius 2 is 1.58 bits per heavy atom. The van der Waals surface area contributed by atoms with E-state index in [1.165, 1.54) is 11.1 Å². The molecule has 0 aliphatic carbocycles. The quantitative estimate of drug-likeness (QED) is 0.533. The molecular weight excluding hydrogens is 367 g/mol. The number of rotatable bonds is 11. The van der Waals surface area contributed by atoms with Gasteiger partial charge in [-0.05, 0) is 69.6 Å². The van der Waals surface area contributed by atoms with Gasteiger partial charge in [0.1, 0.15) is 5.75 Å². The van der Waals surface area contributed by atoms with Crippen molar-refractivity contribution < 1.29 is 4.74 Å². The Morgan fingerprint density at radius 1 is 0.885 bits per heavy atom. The van der Waals surface area contributed by atoms with E-state index in [0.29, 0.717) is 6.04 Å². The molecule has 0 aliphatic heterocycles. The minimum Gasteiger partial charge on any atom is -0.494 e. The number of benzene rings is 2. The molecule has 1 atom stereocenters. The monoisotopic (exact) mass is 398 g/mol. The van der Waals surface area contributed by atoms with E-state index in [4.69, 9.17) is 4.74 Å². The van der Waals surface area contributed by atoms with Crippen LogP contribution >= 0.6 is 24.8 Å². The molecule has 0 saturated heterocycles. The Hall–Kier alpha value is -1.26. The minimum absolute atomic E-state index is 0. The first-order valence-electron chi connectivity index (χ1n) is 8.94. The van der Waals surface area contributed by atoms with Crippen LogP contribution in [-0.2, 0) is 6.42 Å². The lowest BCUT2D eigenvalue weighted by Gasteiger charge is -2.15. The average molecular weight is 399 g/mol. The zero-order valence-corrected chi connectivity index (χ0v) is 17.4. The summed E-state index contributed by atoms with van der Waals surface area (Å²) in [7, 11) is 1.99. The number of halogens is 2. The molecule has 0 spiro atoms. The highest BCUT2D eigenvalue weighted by Crippen LogP contribution is 2.18. The van der Waals surface area contributed by atoms with Crippen LogP contribution in [0.15, 0.2) is 54.6 Å². The number of ether oxygens (including phenoxy) is 1. The van der Waals surface area contributed by atoms with Gasteiger partial charge in [0.05, 0.1) is 6.61 Å². The third-order valence-electron chi connectivity index (χ3n) is 4.16. The Labute approximate surface area is 170 Å². The summed E-state index contributed by atoms with van der Waals surface area (Å²) in [5.41, 5.74) is 2.67. The van der Waals surface area contributed by atoms with Crippen LogP contribution in [0.4, 0.5) is 0 Å². The first-order chi connectivity index (χ1) is 11.8. The molecule has 0 amide bonds. The summed E-state index contributed by atoms with van der Waals surface area (Å²) in [4.78, 5) is 0. The van der Waals surface area contributed by atoms with E-state index < -0.39 is 0 Å². The number of aryl methyl sites for hydroxylation is 1. The van der Waals surface area contributed by atoms with Crippen molar-refractivity contribution in [2.45, 2.75) is 32.2 Å². The predicted molar refractivity (Wildman–Crippen MR) is 116 cm³/mol. The van der Waals surface area contributed by atoms with Gasteiger partial charge in [-0.25, -0.2) is 0 Å². The van der Waals surface area contributed by atoms with E-state index >= 15 is 0 Å². The summed E-state index contributed by atoms with van der Waals surface area (Å²) in [6, 6.07) is 19.4. The molecule has 0 bridgehead atoms. The van der Waals surface area contributed by atoms with Gasteiger partial charge in [-0.15, -0.1) is 24.8 Å². The van der Waals surface area contributed by atoms with Gasteiger partial charge in [-0.3, -0.25) is 0 Å². The van der Waals surface area contributed by atoms with Crippen molar-refractivity contribution in [1.29, 1.82) is 0 Å². The topological polar surface area (TPSA) is 33.3 Å². The molecular formula is C21H32Cl2N2O. The third-order valence-corrected chi connectivity index (χ3v) is 4.16. The van der Waals surface area contributed by atoms with Crippen molar-refractivity contribution in [3.8, 4) is 5.75 Å². The van der Waals surface area contributed by atoms with Crippen LogP contribution < -0.4 is 15.4 Å². The fourth-order valence-electron chi connectivity index (χ4n) is 2.67. The fraction of sp³-hybridized carbons (Fsp3) is 0.429. The molecule has 0 fully saturated rings. The van der Waals surface area contributed by atoms with Crippen LogP contribution in [0.5, 0.6) is 5.75 Å². The summed E-state index contributed by atoms with van der Waals surface area (Å²) in [5.74, 6) is 0.953. The highest BCUT2D eigenvalue weighted by molar-refractivity contribution is 5.85. The molecule has 0 radical (unpaired) electrons. The Balaban J connectivity index is 0.00000312. The summed E-state index contributed by atoms with van der Waals surface area (Å²) in [6.45, 7) is 5.04. The lowest BCUT2D eigenvalue weighted by molar-refractivity contribution is 0.311. The van der Waals surface area contributed by atoms with Crippen LogP contribution in [0.3, 0.4) is 0 Å².